The Morgan fingerprint density at radius 2 is 1.56 bits per heavy atom. The molecule has 0 aliphatic heterocycles. The van der Waals surface area contributed by atoms with Crippen LogP contribution in [-0.4, -0.2) is 29.7 Å². The van der Waals surface area contributed by atoms with Gasteiger partial charge in [-0.25, -0.2) is 8.78 Å². The highest BCUT2D eigenvalue weighted by Gasteiger charge is 2.35. The first-order valence-electron chi connectivity index (χ1n) is 13.2. The molecule has 2 atom stereocenters. The van der Waals surface area contributed by atoms with Crippen LogP contribution in [0.5, 0.6) is 0 Å². The number of aliphatic hydroxyl groups is 1. The first-order valence-corrected chi connectivity index (χ1v) is 13.2. The molecule has 0 aromatic heterocycles. The third-order valence-electron chi connectivity index (χ3n) is 6.89. The van der Waals surface area contributed by atoms with Gasteiger partial charge in [0.15, 0.2) is 0 Å². The summed E-state index contributed by atoms with van der Waals surface area (Å²) in [5, 5.41) is 17.4. The van der Waals surface area contributed by atoms with Gasteiger partial charge in [0.05, 0.1) is 12.1 Å². The predicted molar refractivity (Wildman–Crippen MR) is 143 cm³/mol. The molecule has 1 saturated carbocycles. The topological polar surface area (TPSA) is 61.4 Å². The van der Waals surface area contributed by atoms with E-state index in [1.54, 1.807) is 0 Å². The Labute approximate surface area is 215 Å². The van der Waals surface area contributed by atoms with E-state index in [9.17, 15) is 18.7 Å². The first-order chi connectivity index (χ1) is 17.0. The highest BCUT2D eigenvalue weighted by molar-refractivity contribution is 5.73. The van der Waals surface area contributed by atoms with E-state index in [1.165, 1.54) is 36.6 Å². The van der Waals surface area contributed by atoms with Crippen LogP contribution in [0.15, 0.2) is 42.5 Å². The minimum atomic E-state index is -0.928. The standard InChI is InChI=1S/C28H38F2N2O2.C2H6/c1-19(33)32-25(16-20-14-23(29)17-24(30)15-20)26(34)18-31-28(12-6-5-7-13-28)22-10-8-21(9-11-22)27(2,3)4;1-2/h8-11,14-15,17,25-26,31,34H,5-7,12-13,16,18H2,1-4H3,(H,32,33);1-2H3. The summed E-state index contributed by atoms with van der Waals surface area (Å²) in [6.07, 6.45) is 4.52. The van der Waals surface area contributed by atoms with Gasteiger partial charge in [0.25, 0.3) is 0 Å². The van der Waals surface area contributed by atoms with E-state index < -0.39 is 23.8 Å². The van der Waals surface area contributed by atoms with E-state index >= 15 is 0 Å². The molecule has 0 bridgehead atoms. The molecular formula is C30H44F2N2O2. The molecule has 4 nitrogen and oxygen atoms in total. The Morgan fingerprint density at radius 3 is 2.06 bits per heavy atom. The van der Waals surface area contributed by atoms with Crippen molar-refractivity contribution >= 4 is 5.91 Å². The van der Waals surface area contributed by atoms with Crippen molar-refractivity contribution in [2.24, 2.45) is 0 Å². The van der Waals surface area contributed by atoms with Crippen LogP contribution in [0.4, 0.5) is 8.78 Å². The summed E-state index contributed by atoms with van der Waals surface area (Å²) >= 11 is 0. The molecule has 0 radical (unpaired) electrons. The minimum absolute atomic E-state index is 0.0733. The molecule has 2 aromatic carbocycles. The fourth-order valence-electron chi connectivity index (χ4n) is 4.98. The zero-order valence-electron chi connectivity index (χ0n) is 22.8. The average Bonchev–Trinajstić information content (AvgIpc) is 2.82. The molecular weight excluding hydrogens is 458 g/mol. The van der Waals surface area contributed by atoms with Gasteiger partial charge in [-0.2, -0.15) is 0 Å². The maximum atomic E-state index is 13.7. The van der Waals surface area contributed by atoms with Gasteiger partial charge in [-0.15, -0.1) is 0 Å². The zero-order valence-corrected chi connectivity index (χ0v) is 22.8. The van der Waals surface area contributed by atoms with E-state index in [0.717, 1.165) is 31.7 Å². The van der Waals surface area contributed by atoms with Gasteiger partial charge in [0, 0.05) is 25.1 Å². The lowest BCUT2D eigenvalue weighted by Crippen LogP contribution is -2.53. The van der Waals surface area contributed by atoms with Gasteiger partial charge in [-0.05, 0) is 53.5 Å². The third kappa shape index (κ3) is 8.38. The molecule has 2 aromatic rings. The average molecular weight is 503 g/mol. The van der Waals surface area contributed by atoms with Crippen LogP contribution in [-0.2, 0) is 22.2 Å². The minimum Gasteiger partial charge on any atom is -0.390 e. The second-order valence-corrected chi connectivity index (χ2v) is 10.7. The molecule has 3 N–H and O–H groups in total. The lowest BCUT2D eigenvalue weighted by molar-refractivity contribution is -0.120. The number of carbonyl (C=O) groups excluding carboxylic acids is 1. The first kappa shape index (κ1) is 29.9. The molecule has 6 heteroatoms. The van der Waals surface area contributed by atoms with Crippen LogP contribution in [0.1, 0.15) is 90.3 Å². The Hall–Kier alpha value is -2.31. The molecule has 200 valence electrons. The number of carbonyl (C=O) groups is 1. The Morgan fingerprint density at radius 1 is 1.00 bits per heavy atom. The van der Waals surface area contributed by atoms with Crippen molar-refractivity contribution < 1.29 is 18.7 Å². The van der Waals surface area contributed by atoms with Crippen molar-refractivity contribution in [3.05, 3.63) is 70.8 Å². The van der Waals surface area contributed by atoms with E-state index in [0.29, 0.717) is 5.56 Å². The molecule has 0 heterocycles. The fourth-order valence-corrected chi connectivity index (χ4v) is 4.98. The summed E-state index contributed by atoms with van der Waals surface area (Å²) in [4.78, 5) is 11.8. The lowest BCUT2D eigenvalue weighted by Gasteiger charge is -2.40. The van der Waals surface area contributed by atoms with E-state index in [4.69, 9.17) is 0 Å². The molecule has 36 heavy (non-hydrogen) atoms. The molecule has 1 amide bonds. The number of rotatable bonds is 8. The molecule has 1 fully saturated rings. The number of halogens is 2. The number of nitrogens with one attached hydrogen (secondary N) is 2. The summed E-state index contributed by atoms with van der Waals surface area (Å²) in [5.74, 6) is -1.65. The summed E-state index contributed by atoms with van der Waals surface area (Å²) in [7, 11) is 0. The summed E-state index contributed by atoms with van der Waals surface area (Å²) < 4.78 is 27.3. The molecule has 3 rings (SSSR count). The normalized spacial score (nSPS) is 16.9. The zero-order chi connectivity index (χ0) is 26.9. The van der Waals surface area contributed by atoms with Crippen molar-refractivity contribution in [3.8, 4) is 0 Å². The monoisotopic (exact) mass is 502 g/mol. The van der Waals surface area contributed by atoms with Gasteiger partial charge in [0.2, 0.25) is 5.91 Å². The van der Waals surface area contributed by atoms with Gasteiger partial charge >= 0.3 is 0 Å². The Bertz CT molecular complexity index is 944. The lowest BCUT2D eigenvalue weighted by atomic mass is 9.75. The Balaban J connectivity index is 0.00000222. The number of amides is 1. The van der Waals surface area contributed by atoms with E-state index in [-0.39, 0.29) is 29.8 Å². The number of hydrogen-bond donors (Lipinski definition) is 3. The van der Waals surface area contributed by atoms with Crippen LogP contribution < -0.4 is 10.6 Å². The van der Waals surface area contributed by atoms with Crippen molar-refractivity contribution in [2.45, 2.75) is 103 Å². The van der Waals surface area contributed by atoms with Gasteiger partial charge in [0.1, 0.15) is 11.6 Å². The van der Waals surface area contributed by atoms with Crippen LogP contribution >= 0.6 is 0 Å². The molecule has 0 saturated heterocycles. The highest BCUT2D eigenvalue weighted by atomic mass is 19.1. The predicted octanol–water partition coefficient (Wildman–Crippen LogP) is 6.15. The number of benzene rings is 2. The van der Waals surface area contributed by atoms with E-state index in [2.05, 4.69) is 55.7 Å². The maximum absolute atomic E-state index is 13.7. The molecule has 2 unspecified atom stereocenters. The quantitative estimate of drug-likeness (QED) is 0.406. The van der Waals surface area contributed by atoms with Gasteiger partial charge in [-0.3, -0.25) is 4.79 Å². The third-order valence-corrected chi connectivity index (χ3v) is 6.89. The van der Waals surface area contributed by atoms with Crippen molar-refractivity contribution in [3.63, 3.8) is 0 Å². The van der Waals surface area contributed by atoms with Crippen molar-refractivity contribution in [1.29, 1.82) is 0 Å². The second-order valence-electron chi connectivity index (χ2n) is 10.7. The van der Waals surface area contributed by atoms with Crippen LogP contribution in [0.2, 0.25) is 0 Å². The van der Waals surface area contributed by atoms with E-state index in [1.807, 2.05) is 13.8 Å². The summed E-state index contributed by atoms with van der Waals surface area (Å²) in [5.41, 5.74) is 2.69. The highest BCUT2D eigenvalue weighted by Crippen LogP contribution is 2.38. The number of hydrogen-bond acceptors (Lipinski definition) is 3. The summed E-state index contributed by atoms with van der Waals surface area (Å²) in [6, 6.07) is 11.3. The summed E-state index contributed by atoms with van der Waals surface area (Å²) in [6.45, 7) is 12.2. The van der Waals surface area contributed by atoms with Crippen LogP contribution in [0.25, 0.3) is 0 Å². The van der Waals surface area contributed by atoms with Gasteiger partial charge in [-0.1, -0.05) is 78.1 Å². The van der Waals surface area contributed by atoms with Crippen LogP contribution in [0.3, 0.4) is 0 Å². The maximum Gasteiger partial charge on any atom is 0.217 e. The van der Waals surface area contributed by atoms with Crippen LogP contribution in [0, 0.1) is 11.6 Å². The van der Waals surface area contributed by atoms with Crippen molar-refractivity contribution in [1.82, 2.24) is 10.6 Å². The Kier molecular flexibility index (Phi) is 11.0. The SMILES string of the molecule is CC.CC(=O)NC(Cc1cc(F)cc(F)c1)C(O)CNC1(c2ccc(C(C)(C)C)cc2)CCCCC1. The number of aliphatic hydroxyl groups excluding tert-OH is 1. The van der Waals surface area contributed by atoms with Crippen molar-refractivity contribution in [2.75, 3.05) is 6.54 Å². The second kappa shape index (κ2) is 13.3. The fraction of sp³-hybridized carbons (Fsp3) is 0.567. The van der Waals surface area contributed by atoms with Gasteiger partial charge < -0.3 is 15.7 Å². The molecule has 1 aliphatic carbocycles. The smallest absolute Gasteiger partial charge is 0.217 e. The molecule has 0 spiro atoms. The molecule has 1 aliphatic rings. The largest absolute Gasteiger partial charge is 0.390 e.